The van der Waals surface area contributed by atoms with Crippen LogP contribution in [0.1, 0.15) is 5.56 Å². The summed E-state index contributed by atoms with van der Waals surface area (Å²) in [4.78, 5) is 0. The van der Waals surface area contributed by atoms with Crippen LogP contribution in [-0.2, 0) is 0 Å². The van der Waals surface area contributed by atoms with Crippen LogP contribution in [0.2, 0.25) is 26.2 Å². The van der Waals surface area contributed by atoms with Crippen LogP contribution >= 0.6 is 0 Å². The van der Waals surface area contributed by atoms with E-state index >= 15 is 0 Å². The van der Waals surface area contributed by atoms with Gasteiger partial charge in [0, 0.05) is 5.33 Å². The molecular weight excluding hydrogens is 202 g/mol. The number of hydrogen-bond acceptors (Lipinski definition) is 1. The van der Waals surface area contributed by atoms with Crippen LogP contribution in [-0.4, -0.2) is 23.1 Å². The Morgan fingerprint density at radius 2 is 1.57 bits per heavy atom. The van der Waals surface area contributed by atoms with Gasteiger partial charge >= 0.3 is 0 Å². The van der Waals surface area contributed by atoms with Crippen LogP contribution < -0.4 is 0 Å². The van der Waals surface area contributed by atoms with E-state index in [1.807, 2.05) is 0 Å². The van der Waals surface area contributed by atoms with Gasteiger partial charge in [0.05, 0.1) is 0 Å². The molecule has 1 aromatic carbocycles. The quantitative estimate of drug-likeness (QED) is 0.547. The van der Waals surface area contributed by atoms with Gasteiger partial charge in [0.1, 0.15) is 8.80 Å². The van der Waals surface area contributed by atoms with E-state index in [-0.39, 0.29) is 0 Å². The molecule has 74 valence electrons. The Labute approximate surface area is 90.2 Å². The van der Waals surface area contributed by atoms with E-state index in [2.05, 4.69) is 56.5 Å². The van der Waals surface area contributed by atoms with Crippen molar-refractivity contribution in [2.75, 3.05) is 0 Å². The second-order valence-electron chi connectivity index (χ2n) is 3.77. The SMILES string of the molecule is C[Si](C)/N=C(/c1ccccc1)[Si](C)C. The van der Waals surface area contributed by atoms with Gasteiger partial charge in [-0.1, -0.05) is 56.5 Å². The molecule has 3 heteroatoms. The second-order valence-corrected chi connectivity index (χ2v) is 8.37. The molecule has 0 saturated heterocycles. The fraction of sp³-hybridized carbons (Fsp3) is 0.364. The minimum absolute atomic E-state index is 0.445. The van der Waals surface area contributed by atoms with Gasteiger partial charge in [0.25, 0.3) is 0 Å². The summed E-state index contributed by atoms with van der Waals surface area (Å²) in [6.07, 6.45) is 0. The molecule has 0 aliphatic carbocycles. The standard InChI is InChI=1S/C11H17NSi2/c1-13(2)11(12-14(3)4)10-8-6-5-7-9-10/h5-9H,1-4H3/b12-11-. The highest BCUT2D eigenvalue weighted by atomic mass is 28.3. The average Bonchev–Trinajstić information content (AvgIpc) is 2.15. The maximum Gasteiger partial charge on any atom is 0.189 e. The molecular formula is C11H17NSi2. The number of nitrogens with zero attached hydrogens (tertiary/aromatic N) is 1. The van der Waals surface area contributed by atoms with Gasteiger partial charge in [-0.2, -0.15) is 0 Å². The highest BCUT2D eigenvalue weighted by Gasteiger charge is 2.09. The lowest BCUT2D eigenvalue weighted by Gasteiger charge is -2.10. The fourth-order valence-electron chi connectivity index (χ4n) is 1.28. The molecule has 0 amide bonds. The van der Waals surface area contributed by atoms with Crippen molar-refractivity contribution in [1.82, 2.24) is 0 Å². The first-order valence-electron chi connectivity index (χ1n) is 4.86. The molecule has 0 N–H and O–H groups in total. The summed E-state index contributed by atoms with van der Waals surface area (Å²) in [6, 6.07) is 10.6. The number of benzene rings is 1. The first-order valence-corrected chi connectivity index (χ1v) is 9.81. The first-order chi connectivity index (χ1) is 6.61. The van der Waals surface area contributed by atoms with Crippen molar-refractivity contribution < 1.29 is 0 Å². The predicted molar refractivity (Wildman–Crippen MR) is 67.9 cm³/mol. The van der Waals surface area contributed by atoms with Gasteiger partial charge in [-0.05, 0) is 5.56 Å². The van der Waals surface area contributed by atoms with Crippen LogP contribution in [0.4, 0.5) is 0 Å². The van der Waals surface area contributed by atoms with Crippen molar-refractivity contribution >= 4 is 23.1 Å². The Bertz CT molecular complexity index is 304. The molecule has 0 saturated carbocycles. The van der Waals surface area contributed by atoms with Crippen molar-refractivity contribution in [3.8, 4) is 0 Å². The smallest absolute Gasteiger partial charge is 0.189 e. The van der Waals surface area contributed by atoms with E-state index in [0.717, 1.165) is 0 Å². The topological polar surface area (TPSA) is 12.4 Å². The Kier molecular flexibility index (Phi) is 4.29. The molecule has 0 aliphatic rings. The highest BCUT2D eigenvalue weighted by Crippen LogP contribution is 2.05. The molecule has 0 spiro atoms. The van der Waals surface area contributed by atoms with Crippen LogP contribution in [0.3, 0.4) is 0 Å². The van der Waals surface area contributed by atoms with Gasteiger partial charge in [-0.15, -0.1) is 0 Å². The molecule has 0 atom stereocenters. The number of rotatable bonds is 3. The van der Waals surface area contributed by atoms with Crippen molar-refractivity contribution in [2.45, 2.75) is 26.2 Å². The minimum Gasteiger partial charge on any atom is -0.331 e. The van der Waals surface area contributed by atoms with Crippen molar-refractivity contribution in [3.63, 3.8) is 0 Å². The summed E-state index contributed by atoms with van der Waals surface area (Å²) in [5, 5.41) is 1.36. The Morgan fingerprint density at radius 1 is 1.00 bits per heavy atom. The fourth-order valence-corrected chi connectivity index (χ4v) is 4.17. The van der Waals surface area contributed by atoms with Gasteiger partial charge in [0.15, 0.2) is 8.96 Å². The molecule has 14 heavy (non-hydrogen) atoms. The minimum atomic E-state index is -0.512. The van der Waals surface area contributed by atoms with E-state index in [1.165, 1.54) is 10.9 Å². The molecule has 1 aromatic rings. The molecule has 0 aliphatic heterocycles. The third kappa shape index (κ3) is 3.23. The first kappa shape index (κ1) is 11.4. The maximum absolute atomic E-state index is 4.81. The highest BCUT2D eigenvalue weighted by molar-refractivity contribution is 6.93. The van der Waals surface area contributed by atoms with Crippen LogP contribution in [0, 0.1) is 0 Å². The molecule has 2 radical (unpaired) electrons. The van der Waals surface area contributed by atoms with E-state index in [0.29, 0.717) is 0 Å². The van der Waals surface area contributed by atoms with Gasteiger partial charge < -0.3 is 4.66 Å². The largest absolute Gasteiger partial charge is 0.331 e. The zero-order chi connectivity index (χ0) is 10.6. The zero-order valence-corrected chi connectivity index (χ0v) is 11.3. The molecule has 0 aromatic heterocycles. The zero-order valence-electron chi connectivity index (χ0n) is 9.33. The Hall–Kier alpha value is -0.676. The third-order valence-electron chi connectivity index (χ3n) is 1.86. The van der Waals surface area contributed by atoms with Gasteiger partial charge in [-0.3, -0.25) is 0 Å². The van der Waals surface area contributed by atoms with Crippen molar-refractivity contribution in [1.29, 1.82) is 0 Å². The Balaban J connectivity index is 3.01. The lowest BCUT2D eigenvalue weighted by molar-refractivity contribution is 1.62. The van der Waals surface area contributed by atoms with Crippen LogP contribution in [0.5, 0.6) is 0 Å². The van der Waals surface area contributed by atoms with E-state index in [9.17, 15) is 0 Å². The van der Waals surface area contributed by atoms with Crippen LogP contribution in [0.15, 0.2) is 35.0 Å². The van der Waals surface area contributed by atoms with Crippen LogP contribution in [0.25, 0.3) is 0 Å². The third-order valence-corrected chi connectivity index (χ3v) is 4.10. The lowest BCUT2D eigenvalue weighted by Crippen LogP contribution is -2.21. The van der Waals surface area contributed by atoms with E-state index in [4.69, 9.17) is 4.66 Å². The normalized spacial score (nSPS) is 12.6. The summed E-state index contributed by atoms with van der Waals surface area (Å²) in [6.45, 7) is 9.08. The summed E-state index contributed by atoms with van der Waals surface area (Å²) in [5.41, 5.74) is 1.32. The van der Waals surface area contributed by atoms with E-state index in [1.54, 1.807) is 0 Å². The van der Waals surface area contributed by atoms with E-state index < -0.39 is 17.8 Å². The summed E-state index contributed by atoms with van der Waals surface area (Å²) in [7, 11) is -0.957. The van der Waals surface area contributed by atoms with Crippen molar-refractivity contribution in [3.05, 3.63) is 35.9 Å². The summed E-state index contributed by atoms with van der Waals surface area (Å²) in [5.74, 6) is 0. The monoisotopic (exact) mass is 219 g/mol. The average molecular weight is 219 g/mol. The maximum atomic E-state index is 4.81. The second kappa shape index (κ2) is 5.27. The molecule has 0 fully saturated rings. The van der Waals surface area contributed by atoms with Gasteiger partial charge in [-0.25, -0.2) is 0 Å². The predicted octanol–water partition coefficient (Wildman–Crippen LogP) is 3.02. The summed E-state index contributed by atoms with van der Waals surface area (Å²) >= 11 is 0. The van der Waals surface area contributed by atoms with Gasteiger partial charge in [0.2, 0.25) is 0 Å². The van der Waals surface area contributed by atoms with Crippen molar-refractivity contribution in [2.24, 2.45) is 4.66 Å². The molecule has 0 bridgehead atoms. The number of hydrogen-bond donors (Lipinski definition) is 0. The summed E-state index contributed by atoms with van der Waals surface area (Å²) < 4.78 is 4.81. The lowest BCUT2D eigenvalue weighted by atomic mass is 10.2. The molecule has 1 nitrogen and oxygen atoms in total. The molecule has 1 rings (SSSR count). The molecule has 0 unspecified atom stereocenters. The molecule has 0 heterocycles. The Morgan fingerprint density at radius 3 is 2.00 bits per heavy atom.